The molecule has 0 aromatic carbocycles. The summed E-state index contributed by atoms with van der Waals surface area (Å²) in [7, 11) is -4.14. The van der Waals surface area contributed by atoms with Crippen molar-refractivity contribution >= 4 is 10.1 Å². The number of hydrogen-bond acceptors (Lipinski definition) is 4. The maximum atomic E-state index is 10.5. The van der Waals surface area contributed by atoms with Crippen LogP contribution in [0.1, 0.15) is 46.0 Å². The summed E-state index contributed by atoms with van der Waals surface area (Å²) in [6.45, 7) is 3.39. The summed E-state index contributed by atoms with van der Waals surface area (Å²) in [6, 6.07) is 0. The van der Waals surface area contributed by atoms with Crippen molar-refractivity contribution in [2.24, 2.45) is 0 Å². The number of aliphatic hydroxyl groups excluding tert-OH is 1. The molecule has 0 aromatic heterocycles. The minimum atomic E-state index is -4.14. The van der Waals surface area contributed by atoms with Crippen LogP contribution in [0.3, 0.4) is 0 Å². The van der Waals surface area contributed by atoms with Crippen LogP contribution in [-0.2, 0) is 10.1 Å². The Morgan fingerprint density at radius 3 is 2.20 bits per heavy atom. The molecule has 0 aliphatic heterocycles. The average molecular weight is 246 g/mol. The summed E-state index contributed by atoms with van der Waals surface area (Å²) in [5.74, 6) is 0. The summed E-state index contributed by atoms with van der Waals surface area (Å²) in [5.41, 5.74) is 0. The summed E-state index contributed by atoms with van der Waals surface area (Å²) in [4.78, 5) is 0. The molecule has 0 saturated carbocycles. The monoisotopic (exact) mass is 246 g/mol. The van der Waals surface area contributed by atoms with Gasteiger partial charge in [0, 0.05) is 5.25 Å². The molecule has 0 heterocycles. The van der Waals surface area contributed by atoms with Crippen LogP contribution in [-0.4, -0.2) is 29.4 Å². The molecule has 4 nitrogen and oxygen atoms in total. The Balaban J connectivity index is 0. The topological polar surface area (TPSA) is 77.4 Å². The van der Waals surface area contributed by atoms with Crippen LogP contribution in [0.15, 0.2) is 0 Å². The second-order valence-corrected chi connectivity index (χ2v) is 5.47. The van der Waals surface area contributed by atoms with Crippen LogP contribution in [0.2, 0.25) is 0 Å². The summed E-state index contributed by atoms with van der Waals surface area (Å²) in [6.07, 6.45) is 2.79. The first-order valence-corrected chi connectivity index (χ1v) is 6.47. The Labute approximate surface area is 114 Å². The van der Waals surface area contributed by atoms with E-state index in [-0.39, 0.29) is 35.7 Å². The molecule has 0 radical (unpaired) electrons. The molecule has 2 atom stereocenters. The fourth-order valence-corrected chi connectivity index (χ4v) is 1.72. The fraction of sp³-hybridized carbons (Fsp3) is 1.00. The van der Waals surface area contributed by atoms with Gasteiger partial charge in [-0.1, -0.05) is 13.3 Å². The Morgan fingerprint density at radius 2 is 1.80 bits per heavy atom. The predicted octanol–water partition coefficient (Wildman–Crippen LogP) is -1.74. The van der Waals surface area contributed by atoms with Crippen LogP contribution in [0.5, 0.6) is 0 Å². The minimum Gasteiger partial charge on any atom is -0.748 e. The fourth-order valence-electron chi connectivity index (χ4n) is 1.26. The molecule has 1 N–H and O–H groups in total. The van der Waals surface area contributed by atoms with E-state index >= 15 is 0 Å². The van der Waals surface area contributed by atoms with Gasteiger partial charge in [-0.05, 0) is 32.6 Å². The Hall–Kier alpha value is 0.870. The Kier molecular flexibility index (Phi) is 10.9. The average Bonchev–Trinajstić information content (AvgIpc) is 2.02. The van der Waals surface area contributed by atoms with Gasteiger partial charge in [-0.3, -0.25) is 0 Å². The van der Waals surface area contributed by atoms with E-state index in [1.165, 1.54) is 6.92 Å². The maximum Gasteiger partial charge on any atom is 1.00 e. The van der Waals surface area contributed by atoms with Crippen molar-refractivity contribution in [1.82, 2.24) is 0 Å². The van der Waals surface area contributed by atoms with Crippen LogP contribution in [0, 0.1) is 0 Å². The zero-order valence-electron chi connectivity index (χ0n) is 9.77. The van der Waals surface area contributed by atoms with Gasteiger partial charge in [0.1, 0.15) is 0 Å². The Bertz CT molecular complexity index is 240. The zero-order chi connectivity index (χ0) is 11.2. The molecule has 0 rings (SSSR count). The van der Waals surface area contributed by atoms with Gasteiger partial charge in [-0.2, -0.15) is 0 Å². The maximum absolute atomic E-state index is 10.5. The molecule has 0 bridgehead atoms. The van der Waals surface area contributed by atoms with Gasteiger partial charge < -0.3 is 9.66 Å². The van der Waals surface area contributed by atoms with Gasteiger partial charge in [0.15, 0.2) is 0 Å². The van der Waals surface area contributed by atoms with Crippen molar-refractivity contribution in [3.05, 3.63) is 0 Å². The molecule has 0 saturated heterocycles. The second kappa shape index (κ2) is 8.96. The molecular formula is C9H19NaO4S. The standard InChI is InChI=1S/C9H20O4S.Na/c1-3-5-9(10)7-4-6-8(2)14(11,12)13;/h8-10H,3-7H2,1-2H3,(H,11,12,13);/q;+1/p-1. The molecule has 15 heavy (non-hydrogen) atoms. The first-order chi connectivity index (χ1) is 6.38. The third-order valence-corrected chi connectivity index (χ3v) is 3.48. The van der Waals surface area contributed by atoms with Crippen molar-refractivity contribution in [3.8, 4) is 0 Å². The third kappa shape index (κ3) is 9.78. The van der Waals surface area contributed by atoms with Gasteiger partial charge in [-0.25, -0.2) is 8.42 Å². The normalized spacial score (nSPS) is 15.5. The molecule has 0 aliphatic carbocycles. The molecule has 0 spiro atoms. The molecule has 6 heteroatoms. The van der Waals surface area contributed by atoms with Crippen LogP contribution < -0.4 is 29.6 Å². The van der Waals surface area contributed by atoms with E-state index in [4.69, 9.17) is 0 Å². The third-order valence-electron chi connectivity index (χ3n) is 2.26. The molecular weight excluding hydrogens is 227 g/mol. The molecule has 86 valence electrons. The van der Waals surface area contributed by atoms with E-state index in [0.717, 1.165) is 12.8 Å². The van der Waals surface area contributed by atoms with Crippen molar-refractivity contribution in [1.29, 1.82) is 0 Å². The largest absolute Gasteiger partial charge is 1.00 e. The summed E-state index contributed by atoms with van der Waals surface area (Å²) in [5, 5.41) is 8.50. The zero-order valence-corrected chi connectivity index (χ0v) is 12.6. The molecule has 0 aromatic rings. The molecule has 2 unspecified atom stereocenters. The van der Waals surface area contributed by atoms with Gasteiger partial charge in [0.25, 0.3) is 0 Å². The minimum absolute atomic E-state index is 0. The van der Waals surface area contributed by atoms with E-state index in [0.29, 0.717) is 19.3 Å². The SMILES string of the molecule is CCCC(O)CCCC(C)S(=O)(=O)[O-].[Na+]. The number of aliphatic hydroxyl groups is 1. The van der Waals surface area contributed by atoms with Gasteiger partial charge in [0.2, 0.25) is 0 Å². The van der Waals surface area contributed by atoms with E-state index in [2.05, 4.69) is 0 Å². The number of hydrogen-bond donors (Lipinski definition) is 1. The van der Waals surface area contributed by atoms with Crippen molar-refractivity contribution in [3.63, 3.8) is 0 Å². The van der Waals surface area contributed by atoms with E-state index < -0.39 is 15.4 Å². The van der Waals surface area contributed by atoms with Gasteiger partial charge in [0.05, 0.1) is 16.2 Å². The smallest absolute Gasteiger partial charge is 0.748 e. The van der Waals surface area contributed by atoms with Gasteiger partial charge in [-0.15, -0.1) is 0 Å². The van der Waals surface area contributed by atoms with E-state index in [1.807, 2.05) is 6.92 Å². The first kappa shape index (κ1) is 18.2. The number of rotatable bonds is 7. The van der Waals surface area contributed by atoms with Crippen molar-refractivity contribution < 1.29 is 47.6 Å². The van der Waals surface area contributed by atoms with Crippen molar-refractivity contribution in [2.45, 2.75) is 57.3 Å². The quantitative estimate of drug-likeness (QED) is 0.427. The predicted molar refractivity (Wildman–Crippen MR) is 53.9 cm³/mol. The van der Waals surface area contributed by atoms with Gasteiger partial charge >= 0.3 is 29.6 Å². The summed E-state index contributed by atoms with van der Waals surface area (Å²) >= 11 is 0. The van der Waals surface area contributed by atoms with E-state index in [1.54, 1.807) is 0 Å². The molecule has 0 fully saturated rings. The second-order valence-electron chi connectivity index (χ2n) is 3.68. The van der Waals surface area contributed by atoms with Crippen molar-refractivity contribution in [2.75, 3.05) is 0 Å². The van der Waals surface area contributed by atoms with E-state index in [9.17, 15) is 18.1 Å². The van der Waals surface area contributed by atoms with Crippen LogP contribution >= 0.6 is 0 Å². The van der Waals surface area contributed by atoms with Crippen LogP contribution in [0.25, 0.3) is 0 Å². The molecule has 0 aliphatic rings. The van der Waals surface area contributed by atoms with Crippen LogP contribution in [0.4, 0.5) is 0 Å². The Morgan fingerprint density at radius 1 is 1.27 bits per heavy atom. The molecule has 0 amide bonds. The first-order valence-electron chi connectivity index (χ1n) is 5.00. The summed E-state index contributed by atoms with van der Waals surface area (Å²) < 4.78 is 31.5.